The molecule has 50 valence electrons. The van der Waals surface area contributed by atoms with Gasteiger partial charge in [0.25, 0.3) is 0 Å². The molecule has 0 nitrogen and oxygen atoms in total. The molecule has 0 spiro atoms. The summed E-state index contributed by atoms with van der Waals surface area (Å²) >= 11 is 4.09. The SMILES string of the molecule is C=C/C(S)=C\C=C\CC. The molecule has 0 aliphatic carbocycles. The Morgan fingerprint density at radius 3 is 2.78 bits per heavy atom. The van der Waals surface area contributed by atoms with Crippen LogP contribution in [-0.2, 0) is 0 Å². The zero-order valence-corrected chi connectivity index (χ0v) is 6.57. The van der Waals surface area contributed by atoms with Crippen LogP contribution in [0, 0.1) is 0 Å². The third-order valence-corrected chi connectivity index (χ3v) is 1.18. The molecule has 0 aromatic carbocycles. The highest BCUT2D eigenvalue weighted by atomic mass is 32.1. The fourth-order valence-corrected chi connectivity index (χ4v) is 0.457. The summed E-state index contributed by atoms with van der Waals surface area (Å²) in [6.45, 7) is 5.65. The molecular weight excluding hydrogens is 128 g/mol. The highest BCUT2D eigenvalue weighted by molar-refractivity contribution is 7.84. The number of thiol groups is 1. The molecule has 0 aliphatic rings. The average molecular weight is 140 g/mol. The molecule has 0 aliphatic heterocycles. The smallest absolute Gasteiger partial charge is 0.00339 e. The first-order chi connectivity index (χ1) is 4.31. The first kappa shape index (κ1) is 8.57. The van der Waals surface area contributed by atoms with Gasteiger partial charge in [-0.2, -0.15) is 0 Å². The van der Waals surface area contributed by atoms with E-state index < -0.39 is 0 Å². The van der Waals surface area contributed by atoms with E-state index in [1.807, 2.05) is 12.2 Å². The van der Waals surface area contributed by atoms with Crippen molar-refractivity contribution in [2.75, 3.05) is 0 Å². The van der Waals surface area contributed by atoms with E-state index in [1.54, 1.807) is 6.08 Å². The van der Waals surface area contributed by atoms with Crippen molar-refractivity contribution in [1.82, 2.24) is 0 Å². The Labute approximate surface area is 62.4 Å². The van der Waals surface area contributed by atoms with Crippen LogP contribution in [0.4, 0.5) is 0 Å². The number of hydrogen-bond acceptors (Lipinski definition) is 1. The van der Waals surface area contributed by atoms with E-state index in [9.17, 15) is 0 Å². The maximum Gasteiger partial charge on any atom is 0.00339 e. The summed E-state index contributed by atoms with van der Waals surface area (Å²) < 4.78 is 0. The summed E-state index contributed by atoms with van der Waals surface area (Å²) in [5.41, 5.74) is 0. The molecule has 0 amide bonds. The summed E-state index contributed by atoms with van der Waals surface area (Å²) in [4.78, 5) is 0.903. The molecule has 0 unspecified atom stereocenters. The summed E-state index contributed by atoms with van der Waals surface area (Å²) in [6.07, 6.45) is 8.74. The Morgan fingerprint density at radius 1 is 1.67 bits per heavy atom. The van der Waals surface area contributed by atoms with Gasteiger partial charge in [-0.3, -0.25) is 0 Å². The monoisotopic (exact) mass is 140 g/mol. The molecule has 1 heteroatoms. The third kappa shape index (κ3) is 5.44. The van der Waals surface area contributed by atoms with E-state index in [1.165, 1.54) is 0 Å². The molecule has 0 rings (SSSR count). The molecule has 0 fully saturated rings. The second-order valence-electron chi connectivity index (χ2n) is 1.63. The van der Waals surface area contributed by atoms with Crippen molar-refractivity contribution in [3.8, 4) is 0 Å². The Balaban J connectivity index is 3.68. The van der Waals surface area contributed by atoms with Crippen LogP contribution in [0.3, 0.4) is 0 Å². The van der Waals surface area contributed by atoms with E-state index in [0.717, 1.165) is 11.3 Å². The fraction of sp³-hybridized carbons (Fsp3) is 0.250. The molecule has 0 N–H and O–H groups in total. The Hall–Kier alpha value is -0.430. The molecule has 0 atom stereocenters. The lowest BCUT2D eigenvalue weighted by molar-refractivity contribution is 1.22. The van der Waals surface area contributed by atoms with Gasteiger partial charge in [0.05, 0.1) is 0 Å². The third-order valence-electron chi connectivity index (χ3n) is 0.848. The average Bonchev–Trinajstić information content (AvgIpc) is 1.89. The van der Waals surface area contributed by atoms with Crippen molar-refractivity contribution in [1.29, 1.82) is 0 Å². The van der Waals surface area contributed by atoms with Crippen molar-refractivity contribution < 1.29 is 0 Å². The fourth-order valence-electron chi connectivity index (χ4n) is 0.371. The standard InChI is InChI=1S/C8H12S/c1-3-5-6-7-8(9)4-2/h4-7,9H,2-3H2,1H3/b6-5+,8-7+. The lowest BCUT2D eigenvalue weighted by atomic mass is 10.4. The van der Waals surface area contributed by atoms with Crippen LogP contribution in [-0.4, -0.2) is 0 Å². The molecular formula is C8H12S. The predicted molar refractivity (Wildman–Crippen MR) is 46.7 cm³/mol. The maximum atomic E-state index is 4.09. The molecule has 0 radical (unpaired) electrons. The quantitative estimate of drug-likeness (QED) is 0.452. The first-order valence-corrected chi connectivity index (χ1v) is 3.44. The summed E-state index contributed by atoms with van der Waals surface area (Å²) in [6, 6.07) is 0. The lowest BCUT2D eigenvalue weighted by Crippen LogP contribution is -1.57. The minimum absolute atomic E-state index is 0.903. The minimum atomic E-state index is 0.903. The first-order valence-electron chi connectivity index (χ1n) is 2.99. The van der Waals surface area contributed by atoms with E-state index in [0.29, 0.717) is 0 Å². The summed E-state index contributed by atoms with van der Waals surface area (Å²) in [5, 5.41) is 0. The number of rotatable bonds is 3. The highest BCUT2D eigenvalue weighted by Crippen LogP contribution is 2.00. The van der Waals surface area contributed by atoms with E-state index in [4.69, 9.17) is 0 Å². The second-order valence-corrected chi connectivity index (χ2v) is 2.15. The molecule has 0 saturated carbocycles. The van der Waals surface area contributed by atoms with Crippen LogP contribution in [0.1, 0.15) is 13.3 Å². The summed E-state index contributed by atoms with van der Waals surface area (Å²) in [5.74, 6) is 0. The highest BCUT2D eigenvalue weighted by Gasteiger charge is 1.72. The molecule has 9 heavy (non-hydrogen) atoms. The van der Waals surface area contributed by atoms with Crippen molar-refractivity contribution in [3.05, 3.63) is 35.8 Å². The predicted octanol–water partition coefficient (Wildman–Crippen LogP) is 2.95. The minimum Gasteiger partial charge on any atom is -0.143 e. The van der Waals surface area contributed by atoms with Gasteiger partial charge in [-0.05, 0) is 12.5 Å². The Kier molecular flexibility index (Phi) is 5.43. The van der Waals surface area contributed by atoms with E-state index in [2.05, 4.69) is 32.2 Å². The maximum absolute atomic E-state index is 4.09. The van der Waals surface area contributed by atoms with Gasteiger partial charge in [0.1, 0.15) is 0 Å². The second kappa shape index (κ2) is 5.70. The van der Waals surface area contributed by atoms with Gasteiger partial charge in [0.15, 0.2) is 0 Å². The van der Waals surface area contributed by atoms with E-state index in [-0.39, 0.29) is 0 Å². The van der Waals surface area contributed by atoms with Crippen LogP contribution in [0.25, 0.3) is 0 Å². The molecule has 0 heterocycles. The molecule has 0 bridgehead atoms. The number of hydrogen-bond donors (Lipinski definition) is 1. The number of allylic oxidation sites excluding steroid dienone is 4. The van der Waals surface area contributed by atoms with Crippen molar-refractivity contribution >= 4 is 12.6 Å². The Morgan fingerprint density at radius 2 is 2.33 bits per heavy atom. The molecule has 0 saturated heterocycles. The molecule has 0 aromatic heterocycles. The van der Waals surface area contributed by atoms with Gasteiger partial charge >= 0.3 is 0 Å². The zero-order valence-electron chi connectivity index (χ0n) is 5.67. The van der Waals surface area contributed by atoms with E-state index >= 15 is 0 Å². The van der Waals surface area contributed by atoms with Gasteiger partial charge < -0.3 is 0 Å². The van der Waals surface area contributed by atoms with Crippen LogP contribution >= 0.6 is 12.6 Å². The summed E-state index contributed by atoms with van der Waals surface area (Å²) in [7, 11) is 0. The van der Waals surface area contributed by atoms with Crippen molar-refractivity contribution in [3.63, 3.8) is 0 Å². The van der Waals surface area contributed by atoms with Crippen LogP contribution in [0.15, 0.2) is 35.8 Å². The van der Waals surface area contributed by atoms with Gasteiger partial charge in [-0.25, -0.2) is 0 Å². The topological polar surface area (TPSA) is 0 Å². The van der Waals surface area contributed by atoms with Crippen molar-refractivity contribution in [2.45, 2.75) is 13.3 Å². The van der Waals surface area contributed by atoms with Crippen molar-refractivity contribution in [2.24, 2.45) is 0 Å². The Bertz CT molecular complexity index is 132. The van der Waals surface area contributed by atoms with Crippen LogP contribution in [0.5, 0.6) is 0 Å². The zero-order chi connectivity index (χ0) is 7.11. The normalized spacial score (nSPS) is 12.4. The molecule has 0 aromatic rings. The largest absolute Gasteiger partial charge is 0.143 e. The van der Waals surface area contributed by atoms with Gasteiger partial charge in [0.2, 0.25) is 0 Å². The van der Waals surface area contributed by atoms with Crippen LogP contribution in [0.2, 0.25) is 0 Å². The van der Waals surface area contributed by atoms with Gasteiger partial charge in [-0.1, -0.05) is 31.7 Å². The lowest BCUT2D eigenvalue weighted by Gasteiger charge is -1.81. The van der Waals surface area contributed by atoms with Gasteiger partial charge in [-0.15, -0.1) is 12.6 Å². The van der Waals surface area contributed by atoms with Crippen LogP contribution < -0.4 is 0 Å². The van der Waals surface area contributed by atoms with Gasteiger partial charge in [0, 0.05) is 4.91 Å².